The van der Waals surface area contributed by atoms with Crippen LogP contribution in [0.15, 0.2) is 75.6 Å². The van der Waals surface area contributed by atoms with E-state index in [1.165, 1.54) is 0 Å². The van der Waals surface area contributed by atoms with Gasteiger partial charge in [0.15, 0.2) is 11.3 Å². The van der Waals surface area contributed by atoms with Crippen LogP contribution in [0.4, 0.5) is 5.69 Å². The average Bonchev–Trinajstić information content (AvgIpc) is 3.30. The number of hydrogen-bond donors (Lipinski definition) is 1. The molecular weight excluding hydrogens is 364 g/mol. The summed E-state index contributed by atoms with van der Waals surface area (Å²) >= 11 is 0. The predicted octanol–water partition coefficient (Wildman–Crippen LogP) is 6.11. The Hall–Kier alpha value is -3.86. The number of amides is 1. The van der Waals surface area contributed by atoms with Gasteiger partial charge in [0.05, 0.1) is 0 Å². The maximum Gasteiger partial charge on any atom is 0.291 e. The van der Waals surface area contributed by atoms with E-state index in [1.54, 1.807) is 0 Å². The highest BCUT2D eigenvalue weighted by atomic mass is 16.4. The molecule has 2 aromatic heterocycles. The standard InChI is InChI=1S/C24H18N2O3/c1-14-10-11-20-18(12-14)15(2)22(28-20)23(27)25-17-7-5-6-16(13-17)24-26-19-8-3-4-9-21(19)29-24/h3-13H,1-2H3,(H,25,27). The van der Waals surface area contributed by atoms with E-state index in [0.29, 0.717) is 22.9 Å². The van der Waals surface area contributed by atoms with E-state index in [1.807, 2.05) is 80.6 Å². The van der Waals surface area contributed by atoms with Gasteiger partial charge in [0.2, 0.25) is 5.89 Å². The van der Waals surface area contributed by atoms with Gasteiger partial charge in [0.1, 0.15) is 11.1 Å². The van der Waals surface area contributed by atoms with Crippen LogP contribution in [0.1, 0.15) is 21.7 Å². The van der Waals surface area contributed by atoms with Crippen LogP contribution in [0.3, 0.4) is 0 Å². The van der Waals surface area contributed by atoms with Gasteiger partial charge in [0.25, 0.3) is 5.91 Å². The van der Waals surface area contributed by atoms with Gasteiger partial charge in [-0.3, -0.25) is 4.79 Å². The Labute approximate surface area is 167 Å². The summed E-state index contributed by atoms with van der Waals surface area (Å²) in [7, 11) is 0. The van der Waals surface area contributed by atoms with Crippen LogP contribution in [0.5, 0.6) is 0 Å². The fourth-order valence-electron chi connectivity index (χ4n) is 3.46. The van der Waals surface area contributed by atoms with Gasteiger partial charge in [-0.25, -0.2) is 4.98 Å². The van der Waals surface area contributed by atoms with Crippen molar-refractivity contribution in [2.75, 3.05) is 5.32 Å². The van der Waals surface area contributed by atoms with Gasteiger partial charge in [0, 0.05) is 22.2 Å². The van der Waals surface area contributed by atoms with Gasteiger partial charge in [-0.1, -0.05) is 29.8 Å². The summed E-state index contributed by atoms with van der Waals surface area (Å²) in [5.41, 5.74) is 5.62. The molecule has 0 aliphatic rings. The lowest BCUT2D eigenvalue weighted by Gasteiger charge is -2.05. The first-order valence-electron chi connectivity index (χ1n) is 9.35. The summed E-state index contributed by atoms with van der Waals surface area (Å²) in [4.78, 5) is 17.3. The van der Waals surface area contributed by atoms with Crippen molar-refractivity contribution >= 4 is 33.7 Å². The monoisotopic (exact) mass is 382 g/mol. The van der Waals surface area contributed by atoms with Crippen LogP contribution in [0, 0.1) is 13.8 Å². The highest BCUT2D eigenvalue weighted by Crippen LogP contribution is 2.29. The number of nitrogens with zero attached hydrogens (tertiary/aromatic N) is 1. The third-order valence-corrected chi connectivity index (χ3v) is 4.96. The lowest BCUT2D eigenvalue weighted by molar-refractivity contribution is 0.0998. The van der Waals surface area contributed by atoms with E-state index >= 15 is 0 Å². The smallest absolute Gasteiger partial charge is 0.291 e. The Morgan fingerprint density at radius 3 is 2.62 bits per heavy atom. The Balaban J connectivity index is 1.46. The topological polar surface area (TPSA) is 68.3 Å². The number of anilines is 1. The van der Waals surface area contributed by atoms with E-state index in [0.717, 1.165) is 33.2 Å². The molecule has 0 spiro atoms. The van der Waals surface area contributed by atoms with Gasteiger partial charge in [-0.15, -0.1) is 0 Å². The van der Waals surface area contributed by atoms with Gasteiger partial charge < -0.3 is 14.2 Å². The molecule has 0 bridgehead atoms. The minimum Gasteiger partial charge on any atom is -0.451 e. The summed E-state index contributed by atoms with van der Waals surface area (Å²) in [6, 6.07) is 20.9. The summed E-state index contributed by atoms with van der Waals surface area (Å²) in [6.45, 7) is 3.91. The molecule has 0 fully saturated rings. The van der Waals surface area contributed by atoms with Crippen molar-refractivity contribution in [1.29, 1.82) is 0 Å². The van der Waals surface area contributed by atoms with Crippen molar-refractivity contribution < 1.29 is 13.6 Å². The van der Waals surface area contributed by atoms with E-state index < -0.39 is 0 Å². The SMILES string of the molecule is Cc1ccc2oc(C(=O)Nc3cccc(-c4nc5ccccc5o4)c3)c(C)c2c1. The summed E-state index contributed by atoms with van der Waals surface area (Å²) in [6.07, 6.45) is 0. The molecule has 29 heavy (non-hydrogen) atoms. The summed E-state index contributed by atoms with van der Waals surface area (Å²) in [5.74, 6) is 0.543. The molecule has 5 heteroatoms. The number of oxazole rings is 1. The van der Waals surface area contributed by atoms with Crippen LogP contribution in [0.25, 0.3) is 33.5 Å². The largest absolute Gasteiger partial charge is 0.451 e. The Bertz CT molecular complexity index is 1340. The number of nitrogens with one attached hydrogen (secondary N) is 1. The minimum atomic E-state index is -0.286. The number of benzene rings is 3. The molecule has 2 heterocycles. The van der Waals surface area contributed by atoms with Gasteiger partial charge >= 0.3 is 0 Å². The summed E-state index contributed by atoms with van der Waals surface area (Å²) in [5, 5.41) is 3.87. The Morgan fingerprint density at radius 1 is 0.897 bits per heavy atom. The van der Waals surface area contributed by atoms with Crippen LogP contribution in [0.2, 0.25) is 0 Å². The molecule has 0 radical (unpaired) electrons. The number of hydrogen-bond acceptors (Lipinski definition) is 4. The van der Waals surface area contributed by atoms with Crippen LogP contribution >= 0.6 is 0 Å². The maximum absolute atomic E-state index is 12.8. The molecule has 0 aliphatic heterocycles. The van der Waals surface area contributed by atoms with Crippen LogP contribution in [-0.4, -0.2) is 10.9 Å². The van der Waals surface area contributed by atoms with E-state index in [2.05, 4.69) is 10.3 Å². The number of para-hydroxylation sites is 2. The maximum atomic E-state index is 12.8. The zero-order valence-electron chi connectivity index (χ0n) is 16.0. The second-order valence-electron chi connectivity index (χ2n) is 7.08. The first-order valence-corrected chi connectivity index (χ1v) is 9.35. The van der Waals surface area contributed by atoms with Crippen molar-refractivity contribution in [2.45, 2.75) is 13.8 Å². The minimum absolute atomic E-state index is 0.286. The second kappa shape index (κ2) is 6.63. The van der Waals surface area contributed by atoms with Crippen LogP contribution < -0.4 is 5.32 Å². The highest BCUT2D eigenvalue weighted by molar-refractivity contribution is 6.06. The van der Waals surface area contributed by atoms with Crippen molar-refractivity contribution in [3.63, 3.8) is 0 Å². The van der Waals surface area contributed by atoms with Crippen molar-refractivity contribution in [2.24, 2.45) is 0 Å². The number of fused-ring (bicyclic) bond motifs is 2. The summed E-state index contributed by atoms with van der Waals surface area (Å²) < 4.78 is 11.6. The predicted molar refractivity (Wildman–Crippen MR) is 113 cm³/mol. The number of furan rings is 1. The first-order chi connectivity index (χ1) is 14.1. The number of aromatic nitrogens is 1. The Kier molecular flexibility index (Phi) is 3.95. The van der Waals surface area contributed by atoms with E-state index in [-0.39, 0.29) is 5.91 Å². The fraction of sp³-hybridized carbons (Fsp3) is 0.0833. The van der Waals surface area contributed by atoms with Gasteiger partial charge in [-0.2, -0.15) is 0 Å². The third kappa shape index (κ3) is 3.06. The molecule has 0 unspecified atom stereocenters. The molecule has 0 saturated carbocycles. The molecule has 0 aliphatic carbocycles. The fourth-order valence-corrected chi connectivity index (χ4v) is 3.46. The number of carbonyl (C=O) groups excluding carboxylic acids is 1. The molecule has 5 rings (SSSR count). The lowest BCUT2D eigenvalue weighted by atomic mass is 10.1. The molecule has 0 saturated heterocycles. The molecule has 5 aromatic rings. The zero-order valence-corrected chi connectivity index (χ0v) is 16.0. The first kappa shape index (κ1) is 17.3. The molecule has 1 N–H and O–H groups in total. The lowest BCUT2D eigenvalue weighted by Crippen LogP contribution is -2.12. The van der Waals surface area contributed by atoms with Crippen molar-refractivity contribution in [3.05, 3.63) is 83.6 Å². The van der Waals surface area contributed by atoms with Crippen molar-refractivity contribution in [3.8, 4) is 11.5 Å². The Morgan fingerprint density at radius 2 is 1.76 bits per heavy atom. The molecule has 3 aromatic carbocycles. The quantitative estimate of drug-likeness (QED) is 0.409. The van der Waals surface area contributed by atoms with Crippen molar-refractivity contribution in [1.82, 2.24) is 4.98 Å². The highest BCUT2D eigenvalue weighted by Gasteiger charge is 2.18. The number of carbonyl (C=O) groups is 1. The molecule has 0 atom stereocenters. The zero-order chi connectivity index (χ0) is 20.0. The number of aryl methyl sites for hydroxylation is 2. The normalized spacial score (nSPS) is 11.2. The molecule has 5 nitrogen and oxygen atoms in total. The number of rotatable bonds is 3. The second-order valence-corrected chi connectivity index (χ2v) is 7.08. The molecule has 1 amide bonds. The van der Waals surface area contributed by atoms with E-state index in [9.17, 15) is 4.79 Å². The van der Waals surface area contributed by atoms with Gasteiger partial charge in [-0.05, 0) is 56.3 Å². The van der Waals surface area contributed by atoms with Crippen LogP contribution in [-0.2, 0) is 0 Å². The average molecular weight is 382 g/mol. The third-order valence-electron chi connectivity index (χ3n) is 4.96. The molecular formula is C24H18N2O3. The van der Waals surface area contributed by atoms with E-state index in [4.69, 9.17) is 8.83 Å². The molecule has 142 valence electrons.